The van der Waals surface area contributed by atoms with Crippen LogP contribution in [0.2, 0.25) is 0 Å². The Morgan fingerprint density at radius 2 is 1.50 bits per heavy atom. The van der Waals surface area contributed by atoms with Crippen LogP contribution in [-0.4, -0.2) is 60.1 Å². The van der Waals surface area contributed by atoms with Crippen molar-refractivity contribution in [3.8, 4) is 11.5 Å². The summed E-state index contributed by atoms with van der Waals surface area (Å²) in [4.78, 5) is 52.8. The molecule has 10 heteroatoms. The van der Waals surface area contributed by atoms with E-state index in [1.165, 1.54) is 19.1 Å². The number of nitrogens with one attached hydrogen (secondary N) is 2. The van der Waals surface area contributed by atoms with Crippen molar-refractivity contribution < 1.29 is 38.5 Å². The van der Waals surface area contributed by atoms with E-state index < -0.39 is 35.6 Å². The van der Waals surface area contributed by atoms with Gasteiger partial charge in [-0.2, -0.15) is 0 Å². The van der Waals surface area contributed by atoms with E-state index in [2.05, 4.69) is 10.6 Å². The highest BCUT2D eigenvalue weighted by atomic mass is 16.6. The average Bonchev–Trinajstić information content (AvgIpc) is 3.79. The summed E-state index contributed by atoms with van der Waals surface area (Å²) in [7, 11) is 1.55. The Morgan fingerprint density at radius 1 is 0.886 bits per heavy atom. The first-order valence-electron chi connectivity index (χ1n) is 14.5. The number of carbonyl (C=O) groups excluding carboxylic acids is 4. The highest BCUT2D eigenvalue weighted by Crippen LogP contribution is 2.29. The van der Waals surface area contributed by atoms with E-state index in [9.17, 15) is 24.3 Å². The maximum Gasteiger partial charge on any atom is 0.408 e. The summed E-state index contributed by atoms with van der Waals surface area (Å²) in [6.07, 6.45) is -0.548. The standard InChI is InChI=1S/C34H38N2O8/c1-22(35-33(41)43-20-25-7-5-4-6-8-25)30(38)19-26(17-23-11-15-28(42-3)16-12-23)32(40)36-29(31(39)34(2)21-44-34)18-24-9-13-27(37)14-10-24/h4-16,22,26,29,37H,17-21H2,1-3H3,(H,35,41)(H,36,40)/t22-,26?,29+,34-/m1/s1. The number of rotatable bonds is 15. The first-order chi connectivity index (χ1) is 21.1. The van der Waals surface area contributed by atoms with Gasteiger partial charge in [-0.1, -0.05) is 54.6 Å². The van der Waals surface area contributed by atoms with Gasteiger partial charge in [-0.3, -0.25) is 14.4 Å². The molecule has 1 saturated heterocycles. The lowest BCUT2D eigenvalue weighted by Gasteiger charge is -2.24. The number of amides is 2. The van der Waals surface area contributed by atoms with E-state index >= 15 is 0 Å². The molecule has 0 aliphatic carbocycles. The number of ether oxygens (including phenoxy) is 3. The molecule has 0 saturated carbocycles. The third kappa shape index (κ3) is 9.15. The number of hydrogen-bond donors (Lipinski definition) is 3. The van der Waals surface area contributed by atoms with Crippen LogP contribution in [-0.2, 0) is 43.3 Å². The SMILES string of the molecule is COc1ccc(CC(CC(=O)[C@@H](C)NC(=O)OCc2ccccc2)C(=O)N[C@@H](Cc2ccc(O)cc2)C(=O)[C@@]2(C)CO2)cc1. The summed E-state index contributed by atoms with van der Waals surface area (Å²) in [6, 6.07) is 20.9. The number of phenolic OH excluding ortho intramolecular Hbond substituents is 1. The number of aromatic hydroxyl groups is 1. The van der Waals surface area contributed by atoms with Crippen LogP contribution in [0.1, 0.15) is 37.0 Å². The van der Waals surface area contributed by atoms with Crippen molar-refractivity contribution in [3.05, 3.63) is 95.6 Å². The van der Waals surface area contributed by atoms with Crippen molar-refractivity contribution in [3.63, 3.8) is 0 Å². The molecule has 1 aliphatic rings. The minimum Gasteiger partial charge on any atom is -0.508 e. The molecule has 1 heterocycles. The normalized spacial score (nSPS) is 17.4. The zero-order valence-corrected chi connectivity index (χ0v) is 25.1. The summed E-state index contributed by atoms with van der Waals surface area (Å²) in [5.41, 5.74) is 1.34. The van der Waals surface area contributed by atoms with Crippen molar-refractivity contribution >= 4 is 23.6 Å². The molecular weight excluding hydrogens is 564 g/mol. The van der Waals surface area contributed by atoms with Crippen LogP contribution in [0, 0.1) is 5.92 Å². The van der Waals surface area contributed by atoms with E-state index in [1.807, 2.05) is 42.5 Å². The molecule has 1 aliphatic heterocycles. The molecule has 3 aromatic carbocycles. The summed E-state index contributed by atoms with van der Waals surface area (Å²) in [5.74, 6) is -1.23. The molecule has 4 atom stereocenters. The Balaban J connectivity index is 1.46. The molecule has 1 fully saturated rings. The van der Waals surface area contributed by atoms with E-state index in [1.54, 1.807) is 38.3 Å². The Hall–Kier alpha value is -4.70. The first-order valence-corrected chi connectivity index (χ1v) is 14.5. The minimum atomic E-state index is -0.991. The number of methoxy groups -OCH3 is 1. The van der Waals surface area contributed by atoms with Gasteiger partial charge in [0, 0.05) is 12.3 Å². The van der Waals surface area contributed by atoms with Crippen LogP contribution < -0.4 is 15.4 Å². The summed E-state index contributed by atoms with van der Waals surface area (Å²) >= 11 is 0. The minimum absolute atomic E-state index is 0.0508. The number of alkyl carbamates (subject to hydrolysis) is 1. The van der Waals surface area contributed by atoms with Crippen LogP contribution in [0.25, 0.3) is 0 Å². The first kappa shape index (κ1) is 32.2. The summed E-state index contributed by atoms with van der Waals surface area (Å²) in [6.45, 7) is 3.52. The van der Waals surface area contributed by atoms with Gasteiger partial charge in [0.2, 0.25) is 5.91 Å². The van der Waals surface area contributed by atoms with Crippen LogP contribution in [0.3, 0.4) is 0 Å². The lowest BCUT2D eigenvalue weighted by Crippen LogP contribution is -2.50. The Kier molecular flexibility index (Phi) is 10.7. The van der Waals surface area contributed by atoms with Crippen molar-refractivity contribution in [1.29, 1.82) is 0 Å². The van der Waals surface area contributed by atoms with E-state index in [4.69, 9.17) is 14.2 Å². The third-order valence-electron chi connectivity index (χ3n) is 7.60. The van der Waals surface area contributed by atoms with Gasteiger partial charge in [0.05, 0.1) is 25.8 Å². The second-order valence-electron chi connectivity index (χ2n) is 11.2. The summed E-state index contributed by atoms with van der Waals surface area (Å²) in [5, 5.41) is 15.1. The summed E-state index contributed by atoms with van der Waals surface area (Å²) < 4.78 is 15.9. The number of Topliss-reactive ketones (excluding diaryl/α,β-unsaturated/α-hetero) is 2. The molecule has 4 rings (SSSR count). The van der Waals surface area contributed by atoms with Crippen molar-refractivity contribution in [2.75, 3.05) is 13.7 Å². The molecule has 3 N–H and O–H groups in total. The maximum atomic E-state index is 13.8. The number of epoxide rings is 1. The molecule has 1 unspecified atom stereocenters. The second kappa shape index (κ2) is 14.7. The molecule has 0 spiro atoms. The van der Waals surface area contributed by atoms with Gasteiger partial charge in [-0.05, 0) is 67.6 Å². The van der Waals surface area contributed by atoms with Crippen LogP contribution >= 0.6 is 0 Å². The third-order valence-corrected chi connectivity index (χ3v) is 7.60. The predicted octanol–water partition coefficient (Wildman–Crippen LogP) is 3.92. The monoisotopic (exact) mass is 602 g/mol. The number of ketones is 2. The lowest BCUT2D eigenvalue weighted by atomic mass is 9.89. The molecule has 3 aromatic rings. The van der Waals surface area contributed by atoms with Gasteiger partial charge in [0.15, 0.2) is 11.6 Å². The predicted molar refractivity (Wildman–Crippen MR) is 162 cm³/mol. The fraction of sp³-hybridized carbons (Fsp3) is 0.353. The Bertz CT molecular complexity index is 1440. The van der Waals surface area contributed by atoms with E-state index in [0.717, 1.165) is 16.7 Å². The van der Waals surface area contributed by atoms with Crippen LogP contribution in [0.15, 0.2) is 78.9 Å². The Morgan fingerprint density at radius 3 is 2.11 bits per heavy atom. The zero-order chi connectivity index (χ0) is 31.7. The molecule has 10 nitrogen and oxygen atoms in total. The fourth-order valence-corrected chi connectivity index (χ4v) is 4.73. The average molecular weight is 603 g/mol. The van der Waals surface area contributed by atoms with Crippen molar-refractivity contribution in [2.45, 2.75) is 57.4 Å². The van der Waals surface area contributed by atoms with Crippen molar-refractivity contribution in [2.24, 2.45) is 5.92 Å². The number of hydrogen-bond acceptors (Lipinski definition) is 8. The molecule has 0 aromatic heterocycles. The van der Waals surface area contributed by atoms with E-state index in [0.29, 0.717) is 5.75 Å². The van der Waals surface area contributed by atoms with Gasteiger partial charge in [-0.25, -0.2) is 4.79 Å². The smallest absolute Gasteiger partial charge is 0.408 e. The quantitative estimate of drug-likeness (QED) is 0.222. The van der Waals surface area contributed by atoms with Gasteiger partial charge < -0.3 is 30.0 Å². The Labute approximate surface area is 256 Å². The van der Waals surface area contributed by atoms with Crippen molar-refractivity contribution in [1.82, 2.24) is 10.6 Å². The molecule has 232 valence electrons. The molecule has 0 radical (unpaired) electrons. The highest BCUT2D eigenvalue weighted by molar-refractivity contribution is 5.98. The second-order valence-corrected chi connectivity index (χ2v) is 11.2. The number of carbonyl (C=O) groups is 4. The molecule has 2 amide bonds. The topological polar surface area (TPSA) is 144 Å². The van der Waals surface area contributed by atoms with Gasteiger partial charge >= 0.3 is 6.09 Å². The maximum absolute atomic E-state index is 13.8. The van der Waals surface area contributed by atoms with Crippen LogP contribution in [0.5, 0.6) is 11.5 Å². The van der Waals surface area contributed by atoms with Crippen LogP contribution in [0.4, 0.5) is 4.79 Å². The highest BCUT2D eigenvalue weighted by Gasteiger charge is 2.50. The lowest BCUT2D eigenvalue weighted by molar-refractivity contribution is -0.134. The fourth-order valence-electron chi connectivity index (χ4n) is 4.73. The van der Waals surface area contributed by atoms with E-state index in [-0.39, 0.29) is 49.8 Å². The number of benzene rings is 3. The number of phenols is 1. The van der Waals surface area contributed by atoms with Gasteiger partial charge in [0.1, 0.15) is 23.7 Å². The van der Waals surface area contributed by atoms with Gasteiger partial charge in [-0.15, -0.1) is 0 Å². The zero-order valence-electron chi connectivity index (χ0n) is 25.1. The largest absolute Gasteiger partial charge is 0.508 e. The molecular formula is C34H38N2O8. The molecule has 44 heavy (non-hydrogen) atoms. The molecule has 0 bridgehead atoms. The van der Waals surface area contributed by atoms with Gasteiger partial charge in [0.25, 0.3) is 0 Å².